The highest BCUT2D eigenvalue weighted by Gasteiger charge is 2.15. The lowest BCUT2D eigenvalue weighted by Crippen LogP contribution is -2.20. The number of anilines is 1. The van der Waals surface area contributed by atoms with E-state index in [1.54, 1.807) is 0 Å². The van der Waals surface area contributed by atoms with Gasteiger partial charge in [-0.1, -0.05) is 11.6 Å². The molecule has 0 saturated carbocycles. The largest absolute Gasteiger partial charge is 0.376 e. The molecular formula is C11H16ClN3O. The van der Waals surface area contributed by atoms with Gasteiger partial charge >= 0.3 is 0 Å². The second-order valence-corrected chi connectivity index (χ2v) is 4.42. The third-order valence-electron chi connectivity index (χ3n) is 2.84. The first-order valence-electron chi connectivity index (χ1n) is 5.53. The van der Waals surface area contributed by atoms with Crippen LogP contribution in [0.4, 0.5) is 5.95 Å². The van der Waals surface area contributed by atoms with Crippen LogP contribution in [0.15, 0.2) is 0 Å². The van der Waals surface area contributed by atoms with E-state index in [-0.39, 0.29) is 6.10 Å². The zero-order chi connectivity index (χ0) is 11.5. The summed E-state index contributed by atoms with van der Waals surface area (Å²) >= 11 is 5.99. The van der Waals surface area contributed by atoms with E-state index in [1.165, 1.54) is 0 Å². The SMILES string of the molecule is Cc1nc(NCC2CCCO2)nc(Cl)c1C. The molecule has 1 saturated heterocycles. The van der Waals surface area contributed by atoms with Crippen LogP contribution in [0.2, 0.25) is 5.15 Å². The Kier molecular flexibility index (Phi) is 3.61. The first-order chi connectivity index (χ1) is 7.66. The van der Waals surface area contributed by atoms with Crippen LogP contribution < -0.4 is 5.32 Å². The van der Waals surface area contributed by atoms with Gasteiger partial charge < -0.3 is 10.1 Å². The van der Waals surface area contributed by atoms with Gasteiger partial charge in [0.05, 0.1) is 6.10 Å². The van der Waals surface area contributed by atoms with E-state index in [1.807, 2.05) is 13.8 Å². The standard InChI is InChI=1S/C11H16ClN3O/c1-7-8(2)14-11(15-10(7)12)13-6-9-4-3-5-16-9/h9H,3-6H2,1-2H3,(H,13,14,15). The van der Waals surface area contributed by atoms with Gasteiger partial charge in [-0.15, -0.1) is 0 Å². The number of ether oxygens (including phenoxy) is 1. The molecule has 0 aromatic carbocycles. The van der Waals surface area contributed by atoms with Crippen molar-refractivity contribution in [3.8, 4) is 0 Å². The molecule has 0 radical (unpaired) electrons. The van der Waals surface area contributed by atoms with Crippen LogP contribution in [-0.4, -0.2) is 29.2 Å². The van der Waals surface area contributed by atoms with Gasteiger partial charge in [0, 0.05) is 24.4 Å². The number of aryl methyl sites for hydroxylation is 1. The zero-order valence-electron chi connectivity index (χ0n) is 9.59. The van der Waals surface area contributed by atoms with E-state index in [9.17, 15) is 0 Å². The molecule has 0 aliphatic carbocycles. The van der Waals surface area contributed by atoms with Crippen molar-refractivity contribution in [2.45, 2.75) is 32.8 Å². The average Bonchev–Trinajstić information content (AvgIpc) is 2.75. The van der Waals surface area contributed by atoms with E-state index in [0.717, 1.165) is 37.3 Å². The van der Waals surface area contributed by atoms with Gasteiger partial charge in [0.2, 0.25) is 5.95 Å². The van der Waals surface area contributed by atoms with Crippen LogP contribution in [0.1, 0.15) is 24.1 Å². The van der Waals surface area contributed by atoms with Gasteiger partial charge in [0.1, 0.15) is 5.15 Å². The minimum absolute atomic E-state index is 0.281. The Bertz CT molecular complexity index is 354. The molecule has 1 aliphatic rings. The Labute approximate surface area is 100 Å². The Hall–Kier alpha value is -0.870. The molecule has 1 aliphatic heterocycles. The Morgan fingerprint density at radius 2 is 2.25 bits per heavy atom. The van der Waals surface area contributed by atoms with E-state index in [4.69, 9.17) is 16.3 Å². The normalized spacial score (nSPS) is 20.1. The van der Waals surface area contributed by atoms with E-state index in [0.29, 0.717) is 11.1 Å². The monoisotopic (exact) mass is 241 g/mol. The molecule has 2 heterocycles. The highest BCUT2D eigenvalue weighted by molar-refractivity contribution is 6.30. The fourth-order valence-corrected chi connectivity index (χ4v) is 1.90. The van der Waals surface area contributed by atoms with E-state index in [2.05, 4.69) is 15.3 Å². The molecule has 2 rings (SSSR count). The molecule has 0 bridgehead atoms. The van der Waals surface area contributed by atoms with Crippen LogP contribution >= 0.6 is 11.6 Å². The Balaban J connectivity index is 1.98. The quantitative estimate of drug-likeness (QED) is 0.826. The maximum Gasteiger partial charge on any atom is 0.224 e. The maximum absolute atomic E-state index is 5.99. The fraction of sp³-hybridized carbons (Fsp3) is 0.636. The summed E-state index contributed by atoms with van der Waals surface area (Å²) in [6.07, 6.45) is 2.52. The highest BCUT2D eigenvalue weighted by atomic mass is 35.5. The van der Waals surface area contributed by atoms with E-state index < -0.39 is 0 Å². The van der Waals surface area contributed by atoms with Crippen molar-refractivity contribution in [2.75, 3.05) is 18.5 Å². The highest BCUT2D eigenvalue weighted by Crippen LogP contribution is 2.17. The van der Waals surface area contributed by atoms with Crippen LogP contribution in [0.3, 0.4) is 0 Å². The molecule has 16 heavy (non-hydrogen) atoms. The lowest BCUT2D eigenvalue weighted by atomic mass is 10.2. The minimum atomic E-state index is 0.281. The van der Waals surface area contributed by atoms with Crippen molar-refractivity contribution in [1.29, 1.82) is 0 Å². The van der Waals surface area contributed by atoms with Crippen molar-refractivity contribution in [3.05, 3.63) is 16.4 Å². The van der Waals surface area contributed by atoms with E-state index >= 15 is 0 Å². The number of rotatable bonds is 3. The first-order valence-corrected chi connectivity index (χ1v) is 5.91. The molecule has 4 nitrogen and oxygen atoms in total. The van der Waals surface area contributed by atoms with Gasteiger partial charge in [0.15, 0.2) is 0 Å². The summed E-state index contributed by atoms with van der Waals surface area (Å²) in [5.74, 6) is 0.587. The minimum Gasteiger partial charge on any atom is -0.376 e. The second kappa shape index (κ2) is 4.97. The molecule has 0 amide bonds. The molecular weight excluding hydrogens is 226 g/mol. The van der Waals surface area contributed by atoms with Crippen molar-refractivity contribution in [3.63, 3.8) is 0 Å². The van der Waals surface area contributed by atoms with Crippen LogP contribution in [0, 0.1) is 13.8 Å². The predicted molar refractivity (Wildman–Crippen MR) is 64.0 cm³/mol. The van der Waals surface area contributed by atoms with Crippen molar-refractivity contribution in [2.24, 2.45) is 0 Å². The molecule has 1 N–H and O–H groups in total. The Morgan fingerprint density at radius 3 is 2.88 bits per heavy atom. The summed E-state index contributed by atoms with van der Waals surface area (Å²) in [4.78, 5) is 8.51. The van der Waals surface area contributed by atoms with Crippen LogP contribution in [-0.2, 0) is 4.74 Å². The average molecular weight is 242 g/mol. The number of nitrogens with one attached hydrogen (secondary N) is 1. The van der Waals surface area contributed by atoms with Gasteiger partial charge in [-0.05, 0) is 26.7 Å². The molecule has 1 unspecified atom stereocenters. The number of hydrogen-bond donors (Lipinski definition) is 1. The molecule has 1 aromatic heterocycles. The molecule has 1 aromatic rings. The summed E-state index contributed by atoms with van der Waals surface area (Å²) < 4.78 is 5.51. The summed E-state index contributed by atoms with van der Waals surface area (Å²) in [5, 5.41) is 3.68. The van der Waals surface area contributed by atoms with Gasteiger partial charge in [-0.3, -0.25) is 0 Å². The summed E-state index contributed by atoms with van der Waals surface area (Å²) in [6, 6.07) is 0. The molecule has 0 spiro atoms. The van der Waals surface area contributed by atoms with Crippen molar-refractivity contribution in [1.82, 2.24) is 9.97 Å². The van der Waals surface area contributed by atoms with Gasteiger partial charge in [-0.2, -0.15) is 0 Å². The predicted octanol–water partition coefficient (Wildman–Crippen LogP) is 2.34. The summed E-state index contributed by atoms with van der Waals surface area (Å²) in [5.41, 5.74) is 1.85. The second-order valence-electron chi connectivity index (χ2n) is 4.06. The van der Waals surface area contributed by atoms with Gasteiger partial charge in [-0.25, -0.2) is 9.97 Å². The summed E-state index contributed by atoms with van der Waals surface area (Å²) in [6.45, 7) is 5.46. The van der Waals surface area contributed by atoms with Crippen LogP contribution in [0.5, 0.6) is 0 Å². The molecule has 1 fully saturated rings. The van der Waals surface area contributed by atoms with Crippen molar-refractivity contribution >= 4 is 17.5 Å². The number of aromatic nitrogens is 2. The third-order valence-corrected chi connectivity index (χ3v) is 3.21. The third kappa shape index (κ3) is 2.62. The smallest absolute Gasteiger partial charge is 0.224 e. The number of hydrogen-bond acceptors (Lipinski definition) is 4. The Morgan fingerprint density at radius 1 is 1.44 bits per heavy atom. The van der Waals surface area contributed by atoms with Crippen molar-refractivity contribution < 1.29 is 4.74 Å². The molecule has 1 atom stereocenters. The topological polar surface area (TPSA) is 47.0 Å². The van der Waals surface area contributed by atoms with Crippen LogP contribution in [0.25, 0.3) is 0 Å². The summed E-state index contributed by atoms with van der Waals surface area (Å²) in [7, 11) is 0. The van der Waals surface area contributed by atoms with Gasteiger partial charge in [0.25, 0.3) is 0 Å². The number of nitrogens with zero attached hydrogens (tertiary/aromatic N) is 2. The molecule has 5 heteroatoms. The lowest BCUT2D eigenvalue weighted by Gasteiger charge is -2.11. The lowest BCUT2D eigenvalue weighted by molar-refractivity contribution is 0.120. The first kappa shape index (κ1) is 11.6. The maximum atomic E-state index is 5.99. The zero-order valence-corrected chi connectivity index (χ0v) is 10.3. The number of halogens is 1. The molecule has 88 valence electrons. The fourth-order valence-electron chi connectivity index (χ4n) is 1.68.